The van der Waals surface area contributed by atoms with E-state index in [1.54, 1.807) is 0 Å². The van der Waals surface area contributed by atoms with Crippen LogP contribution in [0.3, 0.4) is 0 Å². The second-order valence-electron chi connectivity index (χ2n) is 2.18. The molecule has 4 nitrogen and oxygen atoms in total. The highest BCUT2D eigenvalue weighted by atomic mass is 19.1. The zero-order valence-corrected chi connectivity index (χ0v) is 6.03. The summed E-state index contributed by atoms with van der Waals surface area (Å²) in [5, 5.41) is 19.8. The average Bonchev–Trinajstić information content (AvgIpc) is 2.01. The average molecular weight is 170 g/mol. The zero-order valence-electron chi connectivity index (χ0n) is 6.03. The minimum absolute atomic E-state index is 0.134. The van der Waals surface area contributed by atoms with Gasteiger partial charge >= 0.3 is 0 Å². The Balaban J connectivity index is 3.17. The van der Waals surface area contributed by atoms with Crippen LogP contribution in [0.25, 0.3) is 0 Å². The molecule has 4 N–H and O–H groups in total. The fraction of sp³-hybridized carbons (Fsp3) is 0. The summed E-state index contributed by atoms with van der Waals surface area (Å²) in [5.74, 6) is -1.15. The Bertz CT molecular complexity index is 305. The van der Waals surface area contributed by atoms with E-state index in [9.17, 15) is 4.39 Å². The first-order valence-corrected chi connectivity index (χ1v) is 3.11. The monoisotopic (exact) mass is 170 g/mol. The molecule has 0 amide bonds. The maximum atomic E-state index is 12.6. The van der Waals surface area contributed by atoms with E-state index in [0.717, 1.165) is 12.1 Å². The molecule has 0 radical (unpaired) electrons. The predicted molar refractivity (Wildman–Crippen MR) is 40.6 cm³/mol. The molecule has 0 bridgehead atoms. The lowest BCUT2D eigenvalue weighted by Gasteiger charge is -1.99. The largest absolute Gasteiger partial charge is 0.508 e. The van der Waals surface area contributed by atoms with E-state index in [-0.39, 0.29) is 17.1 Å². The third-order valence-corrected chi connectivity index (χ3v) is 1.29. The summed E-state index contributed by atoms with van der Waals surface area (Å²) < 4.78 is 12.6. The first-order chi connectivity index (χ1) is 5.63. The summed E-state index contributed by atoms with van der Waals surface area (Å²) >= 11 is 0. The number of aromatic hydroxyl groups is 1. The molecule has 0 aromatic heterocycles. The molecule has 0 aliphatic rings. The van der Waals surface area contributed by atoms with Crippen molar-refractivity contribution in [3.8, 4) is 5.75 Å². The first-order valence-electron chi connectivity index (χ1n) is 3.11. The van der Waals surface area contributed by atoms with Crippen LogP contribution >= 0.6 is 0 Å². The Morgan fingerprint density at radius 2 is 2.08 bits per heavy atom. The molecule has 0 aliphatic heterocycles. The fourth-order valence-corrected chi connectivity index (χ4v) is 0.780. The number of rotatable bonds is 1. The SMILES string of the molecule is N/C(=N/O)c1cc(O)cc(F)c1. The van der Waals surface area contributed by atoms with Crippen LogP contribution in [0.5, 0.6) is 5.75 Å². The van der Waals surface area contributed by atoms with Gasteiger partial charge in [-0.2, -0.15) is 0 Å². The van der Waals surface area contributed by atoms with E-state index >= 15 is 0 Å². The number of hydrogen-bond acceptors (Lipinski definition) is 3. The molecular formula is C7H7FN2O2. The number of benzene rings is 1. The van der Waals surface area contributed by atoms with Crippen LogP contribution in [0.1, 0.15) is 5.56 Å². The minimum Gasteiger partial charge on any atom is -0.508 e. The molecule has 1 aromatic rings. The van der Waals surface area contributed by atoms with Gasteiger partial charge in [0.05, 0.1) is 0 Å². The predicted octanol–water partition coefficient (Wildman–Crippen LogP) is 0.626. The highest BCUT2D eigenvalue weighted by molar-refractivity contribution is 5.97. The van der Waals surface area contributed by atoms with Crippen molar-refractivity contribution in [3.63, 3.8) is 0 Å². The van der Waals surface area contributed by atoms with E-state index in [0.29, 0.717) is 0 Å². The molecule has 1 rings (SSSR count). The van der Waals surface area contributed by atoms with Gasteiger partial charge < -0.3 is 16.0 Å². The second-order valence-corrected chi connectivity index (χ2v) is 2.18. The molecule has 0 fully saturated rings. The van der Waals surface area contributed by atoms with E-state index in [1.165, 1.54) is 6.07 Å². The van der Waals surface area contributed by atoms with Crippen LogP contribution in [0.2, 0.25) is 0 Å². The van der Waals surface area contributed by atoms with Crippen LogP contribution in [0.4, 0.5) is 4.39 Å². The van der Waals surface area contributed by atoms with Gasteiger partial charge in [0.1, 0.15) is 11.6 Å². The Kier molecular flexibility index (Phi) is 2.14. The molecule has 5 heteroatoms. The van der Waals surface area contributed by atoms with E-state index in [4.69, 9.17) is 16.0 Å². The molecular weight excluding hydrogens is 163 g/mol. The van der Waals surface area contributed by atoms with Crippen molar-refractivity contribution in [2.75, 3.05) is 0 Å². The number of hydrogen-bond donors (Lipinski definition) is 3. The summed E-state index contributed by atoms with van der Waals surface area (Å²) in [7, 11) is 0. The number of oxime groups is 1. The summed E-state index contributed by atoms with van der Waals surface area (Å²) in [6.07, 6.45) is 0. The van der Waals surface area contributed by atoms with Crippen LogP contribution < -0.4 is 5.73 Å². The smallest absolute Gasteiger partial charge is 0.170 e. The number of phenolic OH excluding ortho intramolecular Hbond substituents is 1. The first kappa shape index (κ1) is 8.32. The molecule has 64 valence electrons. The maximum Gasteiger partial charge on any atom is 0.170 e. The number of phenols is 1. The third-order valence-electron chi connectivity index (χ3n) is 1.29. The number of nitrogens with two attached hydrogens (primary N) is 1. The molecule has 0 saturated carbocycles. The van der Waals surface area contributed by atoms with Gasteiger partial charge in [-0.05, 0) is 12.1 Å². The van der Waals surface area contributed by atoms with Crippen LogP contribution in [-0.4, -0.2) is 16.1 Å². The molecule has 0 atom stereocenters. The van der Waals surface area contributed by atoms with E-state index in [1.807, 2.05) is 0 Å². The fourth-order valence-electron chi connectivity index (χ4n) is 0.780. The van der Waals surface area contributed by atoms with Crippen molar-refractivity contribution in [1.29, 1.82) is 0 Å². The Morgan fingerprint density at radius 3 is 2.58 bits per heavy atom. The van der Waals surface area contributed by atoms with Crippen LogP contribution in [0, 0.1) is 5.82 Å². The zero-order chi connectivity index (χ0) is 9.14. The normalized spacial score (nSPS) is 11.6. The maximum absolute atomic E-state index is 12.6. The highest BCUT2D eigenvalue weighted by Crippen LogP contribution is 2.13. The molecule has 1 aromatic carbocycles. The highest BCUT2D eigenvalue weighted by Gasteiger charge is 2.02. The van der Waals surface area contributed by atoms with Gasteiger partial charge in [0.2, 0.25) is 0 Å². The summed E-state index contributed by atoms with van der Waals surface area (Å²) in [6, 6.07) is 3.17. The molecule has 12 heavy (non-hydrogen) atoms. The Hall–Kier alpha value is -1.78. The van der Waals surface area contributed by atoms with Crippen molar-refractivity contribution in [3.05, 3.63) is 29.6 Å². The lowest BCUT2D eigenvalue weighted by molar-refractivity contribution is 0.318. The van der Waals surface area contributed by atoms with Crippen molar-refractivity contribution in [1.82, 2.24) is 0 Å². The Morgan fingerprint density at radius 1 is 1.42 bits per heavy atom. The van der Waals surface area contributed by atoms with Crippen LogP contribution in [0.15, 0.2) is 23.4 Å². The van der Waals surface area contributed by atoms with E-state index in [2.05, 4.69) is 5.16 Å². The van der Waals surface area contributed by atoms with Crippen molar-refractivity contribution in [2.45, 2.75) is 0 Å². The van der Waals surface area contributed by atoms with Gasteiger partial charge in [-0.3, -0.25) is 0 Å². The molecule has 0 spiro atoms. The van der Waals surface area contributed by atoms with Gasteiger partial charge in [0.25, 0.3) is 0 Å². The minimum atomic E-state index is -0.642. The quantitative estimate of drug-likeness (QED) is 0.250. The molecule has 0 saturated heterocycles. The third kappa shape index (κ3) is 1.63. The molecule has 0 aliphatic carbocycles. The van der Waals surface area contributed by atoms with Gasteiger partial charge in [-0.1, -0.05) is 5.16 Å². The lowest BCUT2D eigenvalue weighted by Crippen LogP contribution is -2.13. The van der Waals surface area contributed by atoms with Crippen LogP contribution in [-0.2, 0) is 0 Å². The molecule has 0 unspecified atom stereocenters. The lowest BCUT2D eigenvalue weighted by atomic mass is 10.2. The summed E-state index contributed by atoms with van der Waals surface area (Å²) in [5.41, 5.74) is 5.29. The number of amidine groups is 1. The van der Waals surface area contributed by atoms with Gasteiger partial charge in [0, 0.05) is 11.6 Å². The van der Waals surface area contributed by atoms with Crippen molar-refractivity contribution in [2.24, 2.45) is 10.9 Å². The standard InChI is InChI=1S/C7H7FN2O2/c8-5-1-4(7(9)10-12)2-6(11)3-5/h1-3,11-12H,(H2,9,10). The summed E-state index contributed by atoms with van der Waals surface area (Å²) in [4.78, 5) is 0. The van der Waals surface area contributed by atoms with Gasteiger partial charge in [0.15, 0.2) is 5.84 Å². The number of nitrogens with zero attached hydrogens (tertiary/aromatic N) is 1. The van der Waals surface area contributed by atoms with E-state index < -0.39 is 5.82 Å². The summed E-state index contributed by atoms with van der Waals surface area (Å²) in [6.45, 7) is 0. The van der Waals surface area contributed by atoms with Crippen molar-refractivity contribution < 1.29 is 14.7 Å². The van der Waals surface area contributed by atoms with Crippen molar-refractivity contribution >= 4 is 5.84 Å². The topological polar surface area (TPSA) is 78.8 Å². The second kappa shape index (κ2) is 3.08. The Labute approximate surface area is 67.7 Å². The number of halogens is 1. The van der Waals surface area contributed by atoms with Gasteiger partial charge in [-0.15, -0.1) is 0 Å². The molecule has 0 heterocycles. The van der Waals surface area contributed by atoms with Gasteiger partial charge in [-0.25, -0.2) is 4.39 Å².